The molecule has 2 aromatic rings. The van der Waals surface area contributed by atoms with E-state index in [1.807, 2.05) is 22.6 Å². The van der Waals surface area contributed by atoms with Gasteiger partial charge in [0.25, 0.3) is 0 Å². The first-order valence-electron chi connectivity index (χ1n) is 9.80. The number of rotatable bonds is 6. The number of hydrogen-bond acceptors (Lipinski definition) is 2. The van der Waals surface area contributed by atoms with E-state index in [-0.39, 0.29) is 5.91 Å². The molecule has 3 rings (SSSR count). The summed E-state index contributed by atoms with van der Waals surface area (Å²) in [6.45, 7) is 3.72. The van der Waals surface area contributed by atoms with Gasteiger partial charge in [0.15, 0.2) is 0 Å². The second kappa shape index (κ2) is 8.80. The van der Waals surface area contributed by atoms with Crippen molar-refractivity contribution in [2.45, 2.75) is 51.7 Å². The van der Waals surface area contributed by atoms with Gasteiger partial charge in [-0.25, -0.2) is 4.98 Å². The predicted octanol–water partition coefficient (Wildman–Crippen LogP) is 4.34. The van der Waals surface area contributed by atoms with Crippen LogP contribution < -0.4 is 0 Å². The first-order chi connectivity index (χ1) is 13.4. The van der Waals surface area contributed by atoms with Crippen LogP contribution in [-0.2, 0) is 30.4 Å². The summed E-state index contributed by atoms with van der Waals surface area (Å²) < 4.78 is 40.5. The van der Waals surface area contributed by atoms with Crippen LogP contribution in [0.1, 0.15) is 43.1 Å². The third-order valence-electron chi connectivity index (χ3n) is 5.39. The Morgan fingerprint density at radius 2 is 2.14 bits per heavy atom. The fraction of sp³-hybridized carbons (Fsp3) is 0.524. The predicted molar refractivity (Wildman–Crippen MR) is 101 cm³/mol. The maximum Gasteiger partial charge on any atom is 0.416 e. The molecule has 1 atom stereocenters. The zero-order valence-electron chi connectivity index (χ0n) is 16.1. The average Bonchev–Trinajstić information content (AvgIpc) is 3.13. The molecule has 1 amide bonds. The molecule has 1 saturated heterocycles. The Morgan fingerprint density at radius 3 is 2.89 bits per heavy atom. The van der Waals surface area contributed by atoms with Crippen molar-refractivity contribution in [2.75, 3.05) is 13.1 Å². The molecule has 7 heteroatoms. The highest BCUT2D eigenvalue weighted by Gasteiger charge is 2.30. The summed E-state index contributed by atoms with van der Waals surface area (Å²) in [4.78, 5) is 18.8. The first kappa shape index (κ1) is 20.4. The van der Waals surface area contributed by atoms with Gasteiger partial charge < -0.3 is 9.47 Å². The number of halogens is 3. The largest absolute Gasteiger partial charge is 0.416 e. The van der Waals surface area contributed by atoms with Crippen LogP contribution in [0.5, 0.6) is 0 Å². The van der Waals surface area contributed by atoms with Crippen molar-refractivity contribution in [3.63, 3.8) is 0 Å². The highest BCUT2D eigenvalue weighted by molar-refractivity contribution is 5.76. The van der Waals surface area contributed by atoms with Gasteiger partial charge in [0.1, 0.15) is 12.4 Å². The van der Waals surface area contributed by atoms with Crippen LogP contribution >= 0.6 is 0 Å². The standard InChI is InChI=1S/C21H26F3N3O/c1-2-19-25-10-12-26(19)15-20(28)27-11-4-6-17(14-27)9-8-16-5-3-7-18(13-16)21(22,23)24/h3,5,7,10,12-13,17H,2,4,6,8-9,11,14-15H2,1H3. The second-order valence-corrected chi connectivity index (χ2v) is 7.41. The van der Waals surface area contributed by atoms with Gasteiger partial charge in [0.2, 0.25) is 5.91 Å². The molecule has 1 unspecified atom stereocenters. The van der Waals surface area contributed by atoms with Crippen LogP contribution in [0.4, 0.5) is 13.2 Å². The fourth-order valence-corrected chi connectivity index (χ4v) is 3.85. The summed E-state index contributed by atoms with van der Waals surface area (Å²) in [5.74, 6) is 1.30. The number of hydrogen-bond donors (Lipinski definition) is 0. The van der Waals surface area contributed by atoms with Gasteiger partial charge in [-0.3, -0.25) is 4.79 Å². The maximum atomic E-state index is 12.9. The first-order valence-corrected chi connectivity index (χ1v) is 9.80. The molecule has 0 bridgehead atoms. The number of imidazole rings is 1. The molecule has 152 valence electrons. The lowest BCUT2D eigenvalue weighted by Gasteiger charge is -2.33. The topological polar surface area (TPSA) is 38.1 Å². The number of aromatic nitrogens is 2. The minimum atomic E-state index is -4.31. The van der Waals surface area contributed by atoms with Crippen LogP contribution in [0.2, 0.25) is 0 Å². The molecule has 1 aromatic carbocycles. The highest BCUT2D eigenvalue weighted by Crippen LogP contribution is 2.30. The van der Waals surface area contributed by atoms with E-state index in [0.717, 1.165) is 44.1 Å². The van der Waals surface area contributed by atoms with E-state index in [2.05, 4.69) is 4.98 Å². The van der Waals surface area contributed by atoms with Gasteiger partial charge in [-0.05, 0) is 43.2 Å². The fourth-order valence-electron chi connectivity index (χ4n) is 3.85. The van der Waals surface area contributed by atoms with Crippen molar-refractivity contribution in [3.05, 3.63) is 53.6 Å². The normalized spacial score (nSPS) is 17.7. The Hall–Kier alpha value is -2.31. The third-order valence-corrected chi connectivity index (χ3v) is 5.39. The quantitative estimate of drug-likeness (QED) is 0.732. The molecule has 2 heterocycles. The Bertz CT molecular complexity index is 800. The smallest absolute Gasteiger partial charge is 0.341 e. The summed E-state index contributed by atoms with van der Waals surface area (Å²) in [6.07, 6.45) is 3.33. The van der Waals surface area contributed by atoms with E-state index in [1.165, 1.54) is 12.1 Å². The zero-order chi connectivity index (χ0) is 20.1. The molecule has 0 aliphatic carbocycles. The lowest BCUT2D eigenvalue weighted by atomic mass is 9.91. The molecule has 1 fully saturated rings. The molecule has 1 aromatic heterocycles. The SMILES string of the molecule is CCc1nccn1CC(=O)N1CCCC(CCc2cccc(C(F)(F)F)c2)C1. The van der Waals surface area contributed by atoms with Crippen LogP contribution in [0, 0.1) is 5.92 Å². The van der Waals surface area contributed by atoms with Gasteiger partial charge in [-0.2, -0.15) is 13.2 Å². The van der Waals surface area contributed by atoms with Crippen LogP contribution in [-0.4, -0.2) is 33.4 Å². The van der Waals surface area contributed by atoms with Crippen molar-refractivity contribution in [1.29, 1.82) is 0 Å². The molecule has 0 spiro atoms. The number of alkyl halides is 3. The van der Waals surface area contributed by atoms with E-state index in [4.69, 9.17) is 0 Å². The molecule has 4 nitrogen and oxygen atoms in total. The highest BCUT2D eigenvalue weighted by atomic mass is 19.4. The number of carbonyl (C=O) groups excluding carboxylic acids is 1. The van der Waals surface area contributed by atoms with E-state index in [0.29, 0.717) is 31.0 Å². The maximum absolute atomic E-state index is 12.9. The molecule has 0 radical (unpaired) electrons. The monoisotopic (exact) mass is 393 g/mol. The van der Waals surface area contributed by atoms with E-state index < -0.39 is 11.7 Å². The summed E-state index contributed by atoms with van der Waals surface area (Å²) in [6, 6.07) is 5.54. The summed E-state index contributed by atoms with van der Waals surface area (Å²) in [5.41, 5.74) is 0.0989. The van der Waals surface area contributed by atoms with E-state index >= 15 is 0 Å². The van der Waals surface area contributed by atoms with E-state index in [9.17, 15) is 18.0 Å². The molecular formula is C21H26F3N3O. The minimum Gasteiger partial charge on any atom is -0.341 e. The number of benzene rings is 1. The van der Waals surface area contributed by atoms with Crippen LogP contribution in [0.25, 0.3) is 0 Å². The number of nitrogens with zero attached hydrogens (tertiary/aromatic N) is 3. The number of likely N-dealkylation sites (tertiary alicyclic amines) is 1. The number of aryl methyl sites for hydroxylation is 2. The summed E-state index contributed by atoms with van der Waals surface area (Å²) in [5, 5.41) is 0. The Kier molecular flexibility index (Phi) is 6.42. The Balaban J connectivity index is 1.54. The molecule has 28 heavy (non-hydrogen) atoms. The molecule has 1 aliphatic rings. The van der Waals surface area contributed by atoms with Crippen molar-refractivity contribution in [3.8, 4) is 0 Å². The average molecular weight is 393 g/mol. The third kappa shape index (κ3) is 5.14. The van der Waals surface area contributed by atoms with Crippen molar-refractivity contribution in [2.24, 2.45) is 5.92 Å². The van der Waals surface area contributed by atoms with Crippen LogP contribution in [0.3, 0.4) is 0 Å². The lowest BCUT2D eigenvalue weighted by molar-refractivity contribution is -0.137. The van der Waals surface area contributed by atoms with Crippen molar-refractivity contribution in [1.82, 2.24) is 14.5 Å². The molecular weight excluding hydrogens is 367 g/mol. The van der Waals surface area contributed by atoms with E-state index in [1.54, 1.807) is 12.3 Å². The minimum absolute atomic E-state index is 0.0801. The van der Waals surface area contributed by atoms with Gasteiger partial charge in [0, 0.05) is 31.9 Å². The second-order valence-electron chi connectivity index (χ2n) is 7.41. The number of piperidine rings is 1. The zero-order valence-corrected chi connectivity index (χ0v) is 16.1. The van der Waals surface area contributed by atoms with Crippen LogP contribution in [0.15, 0.2) is 36.7 Å². The Labute approximate surface area is 163 Å². The summed E-state index contributed by atoms with van der Waals surface area (Å²) in [7, 11) is 0. The van der Waals surface area contributed by atoms with Gasteiger partial charge >= 0.3 is 6.18 Å². The molecule has 1 aliphatic heterocycles. The van der Waals surface area contributed by atoms with Crippen molar-refractivity contribution < 1.29 is 18.0 Å². The lowest BCUT2D eigenvalue weighted by Crippen LogP contribution is -2.41. The summed E-state index contributed by atoms with van der Waals surface area (Å²) >= 11 is 0. The number of carbonyl (C=O) groups is 1. The molecule has 0 saturated carbocycles. The van der Waals surface area contributed by atoms with Crippen molar-refractivity contribution >= 4 is 5.91 Å². The van der Waals surface area contributed by atoms with Gasteiger partial charge in [0.05, 0.1) is 5.56 Å². The molecule has 0 N–H and O–H groups in total. The number of amides is 1. The Morgan fingerprint density at radius 1 is 1.32 bits per heavy atom. The van der Waals surface area contributed by atoms with Gasteiger partial charge in [-0.15, -0.1) is 0 Å². The van der Waals surface area contributed by atoms with Gasteiger partial charge in [-0.1, -0.05) is 25.1 Å².